The van der Waals surface area contributed by atoms with Gasteiger partial charge in [0.15, 0.2) is 12.4 Å². The zero-order chi connectivity index (χ0) is 27.6. The van der Waals surface area contributed by atoms with Gasteiger partial charge in [0, 0.05) is 16.7 Å². The minimum atomic E-state index is -5.08. The van der Waals surface area contributed by atoms with Crippen LogP contribution in [0.3, 0.4) is 0 Å². The van der Waals surface area contributed by atoms with Crippen LogP contribution in [0.1, 0.15) is 33.2 Å². The maximum absolute atomic E-state index is 12.7. The number of ketones is 1. The topological polar surface area (TPSA) is 200 Å². The number of hydrogen-bond donors (Lipinski definition) is 6. The lowest BCUT2D eigenvalue weighted by Crippen LogP contribution is -2.47. The van der Waals surface area contributed by atoms with Gasteiger partial charge in [-0.15, -0.1) is 0 Å². The number of carboxylic acids is 2. The predicted octanol–water partition coefficient (Wildman–Crippen LogP) is 1.43. The molecule has 2 atom stereocenters. The Morgan fingerprint density at radius 3 is 1.81 bits per heavy atom. The Bertz CT molecular complexity index is 1100. The zero-order valence-electron chi connectivity index (χ0n) is 18.6. The van der Waals surface area contributed by atoms with Crippen LogP contribution in [-0.2, 0) is 9.59 Å². The van der Waals surface area contributed by atoms with E-state index in [2.05, 4.69) is 5.32 Å². The summed E-state index contributed by atoms with van der Waals surface area (Å²) in [5.41, 5.74) is 6.28. The van der Waals surface area contributed by atoms with Crippen molar-refractivity contribution < 1.29 is 52.4 Å². The Hall–Kier alpha value is -4.46. The summed E-state index contributed by atoms with van der Waals surface area (Å²) >= 11 is 0. The van der Waals surface area contributed by atoms with Crippen molar-refractivity contribution in [2.24, 2.45) is 5.73 Å². The van der Waals surface area contributed by atoms with Crippen LogP contribution in [0, 0.1) is 5.41 Å². The summed E-state index contributed by atoms with van der Waals surface area (Å²) in [5.74, 6) is -4.83. The molecule has 0 aliphatic carbocycles. The second-order valence-electron chi connectivity index (χ2n) is 7.06. The number of nitrogens with one attached hydrogen (secondary N) is 2. The molecule has 0 fully saturated rings. The number of alkyl halides is 3. The van der Waals surface area contributed by atoms with Gasteiger partial charge in [-0.1, -0.05) is 12.1 Å². The van der Waals surface area contributed by atoms with Crippen LogP contribution >= 0.6 is 0 Å². The lowest BCUT2D eigenvalue weighted by molar-refractivity contribution is -0.192. The van der Waals surface area contributed by atoms with Gasteiger partial charge in [-0.3, -0.25) is 15.0 Å². The molecule has 0 aliphatic heterocycles. The van der Waals surface area contributed by atoms with E-state index in [0.717, 1.165) is 0 Å². The number of rotatable bonds is 9. The molecule has 1 amide bonds. The number of ether oxygens (including phenoxy) is 1. The molecule has 0 heterocycles. The molecule has 36 heavy (non-hydrogen) atoms. The fourth-order valence-electron chi connectivity index (χ4n) is 2.47. The Balaban J connectivity index is 0.000000809. The van der Waals surface area contributed by atoms with Crippen LogP contribution < -0.4 is 15.8 Å². The van der Waals surface area contributed by atoms with E-state index in [0.29, 0.717) is 5.56 Å². The molecule has 7 N–H and O–H groups in total. The molecule has 2 aromatic carbocycles. The fraction of sp³-hybridized carbons (Fsp3) is 0.227. The third-order valence-electron chi connectivity index (χ3n) is 4.25. The lowest BCUT2D eigenvalue weighted by Gasteiger charge is -2.20. The SMILES string of the molecule is CC(O)C(NC(=O)c1ccc(C(=N)N)cc1)C(=O)c1ccc(OCC(=O)O)cc1.O=C(O)C(F)(F)F. The minimum Gasteiger partial charge on any atom is -0.482 e. The van der Waals surface area contributed by atoms with Crippen LogP contribution in [0.15, 0.2) is 48.5 Å². The third kappa shape index (κ3) is 9.42. The lowest BCUT2D eigenvalue weighted by atomic mass is 9.99. The maximum Gasteiger partial charge on any atom is 0.490 e. The molecule has 2 rings (SSSR count). The van der Waals surface area contributed by atoms with Gasteiger partial charge in [-0.05, 0) is 43.3 Å². The van der Waals surface area contributed by atoms with Crippen molar-refractivity contribution in [1.82, 2.24) is 5.32 Å². The number of nitrogens with two attached hydrogens (primary N) is 1. The van der Waals surface area contributed by atoms with E-state index in [9.17, 15) is 32.7 Å². The number of Topliss-reactive ketones (excluding diaryl/α,β-unsaturated/α-hetero) is 1. The molecule has 0 radical (unpaired) electrons. The fourth-order valence-corrected chi connectivity index (χ4v) is 2.47. The molecule has 0 aromatic heterocycles. The molecule has 2 aromatic rings. The van der Waals surface area contributed by atoms with Gasteiger partial charge in [0.2, 0.25) is 0 Å². The van der Waals surface area contributed by atoms with Gasteiger partial charge in [-0.25, -0.2) is 9.59 Å². The number of aliphatic carboxylic acids is 2. The van der Waals surface area contributed by atoms with E-state index in [4.69, 9.17) is 30.9 Å². The van der Waals surface area contributed by atoms with Crippen molar-refractivity contribution in [2.75, 3.05) is 6.61 Å². The number of aliphatic hydroxyl groups excluding tert-OH is 1. The van der Waals surface area contributed by atoms with Crippen molar-refractivity contribution in [3.05, 3.63) is 65.2 Å². The van der Waals surface area contributed by atoms with Crippen LogP contribution in [0.25, 0.3) is 0 Å². The Morgan fingerprint density at radius 2 is 1.42 bits per heavy atom. The molecular weight excluding hydrogens is 491 g/mol. The van der Waals surface area contributed by atoms with E-state index in [1.807, 2.05) is 0 Å². The number of carboxylic acid groups (broad SMARTS) is 2. The van der Waals surface area contributed by atoms with Crippen molar-refractivity contribution in [3.8, 4) is 5.75 Å². The van der Waals surface area contributed by atoms with Crippen molar-refractivity contribution >= 4 is 29.5 Å². The van der Waals surface area contributed by atoms with E-state index < -0.39 is 48.6 Å². The highest BCUT2D eigenvalue weighted by Gasteiger charge is 2.38. The van der Waals surface area contributed by atoms with E-state index in [1.165, 1.54) is 55.5 Å². The summed E-state index contributed by atoms with van der Waals surface area (Å²) in [7, 11) is 0. The minimum absolute atomic E-state index is 0.134. The largest absolute Gasteiger partial charge is 0.490 e. The smallest absolute Gasteiger partial charge is 0.482 e. The molecule has 14 heteroatoms. The highest BCUT2D eigenvalue weighted by atomic mass is 19.4. The number of carbonyl (C=O) groups is 4. The second-order valence-corrected chi connectivity index (χ2v) is 7.06. The highest BCUT2D eigenvalue weighted by Crippen LogP contribution is 2.15. The van der Waals surface area contributed by atoms with Gasteiger partial charge < -0.3 is 31.1 Å². The van der Waals surface area contributed by atoms with E-state index in [-0.39, 0.29) is 22.7 Å². The molecule has 11 nitrogen and oxygen atoms in total. The quantitative estimate of drug-likeness (QED) is 0.163. The normalized spacial score (nSPS) is 12.2. The monoisotopic (exact) mass is 513 g/mol. The summed E-state index contributed by atoms with van der Waals surface area (Å²) in [4.78, 5) is 44.6. The van der Waals surface area contributed by atoms with Crippen LogP contribution in [-0.4, -0.2) is 69.7 Å². The van der Waals surface area contributed by atoms with E-state index in [1.54, 1.807) is 0 Å². The molecule has 0 saturated carbocycles. The van der Waals surface area contributed by atoms with Crippen LogP contribution in [0.5, 0.6) is 5.75 Å². The summed E-state index contributed by atoms with van der Waals surface area (Å²) in [5, 5.41) is 35.6. The van der Waals surface area contributed by atoms with Crippen molar-refractivity contribution in [1.29, 1.82) is 5.41 Å². The average Bonchev–Trinajstić information content (AvgIpc) is 2.80. The van der Waals surface area contributed by atoms with Gasteiger partial charge in [0.1, 0.15) is 17.6 Å². The Labute approximate surface area is 201 Å². The average molecular weight is 513 g/mol. The van der Waals surface area contributed by atoms with Crippen LogP contribution in [0.2, 0.25) is 0 Å². The van der Waals surface area contributed by atoms with Crippen LogP contribution in [0.4, 0.5) is 13.2 Å². The summed E-state index contributed by atoms with van der Waals surface area (Å²) in [6, 6.07) is 10.4. The van der Waals surface area contributed by atoms with Gasteiger partial charge >= 0.3 is 18.1 Å². The number of nitrogen functional groups attached to an aromatic ring is 1. The summed E-state index contributed by atoms with van der Waals surface area (Å²) < 4.78 is 36.7. The molecular formula is C22H22F3N3O8. The first kappa shape index (κ1) is 29.6. The molecule has 0 spiro atoms. The number of hydrogen-bond acceptors (Lipinski definition) is 7. The second kappa shape index (κ2) is 12.9. The Morgan fingerprint density at radius 1 is 0.972 bits per heavy atom. The number of halogens is 3. The van der Waals surface area contributed by atoms with Gasteiger partial charge in [0.05, 0.1) is 6.10 Å². The summed E-state index contributed by atoms with van der Waals surface area (Å²) in [6.07, 6.45) is -6.24. The standard InChI is InChI=1S/C20H21N3O6.C2HF3O2/c1-11(24)17(23-20(28)14-4-2-13(3-5-14)19(21)22)18(27)12-6-8-15(9-7-12)29-10-16(25)26;3-2(4,5)1(6)7/h2-9,11,17,24H,10H2,1H3,(H3,21,22)(H,23,28)(H,25,26);(H,6,7). The first-order chi connectivity index (χ1) is 16.6. The number of aliphatic hydroxyl groups is 1. The highest BCUT2D eigenvalue weighted by molar-refractivity contribution is 6.05. The van der Waals surface area contributed by atoms with E-state index >= 15 is 0 Å². The summed E-state index contributed by atoms with van der Waals surface area (Å²) in [6.45, 7) is 0.869. The molecule has 0 saturated heterocycles. The number of benzene rings is 2. The zero-order valence-corrected chi connectivity index (χ0v) is 18.6. The predicted molar refractivity (Wildman–Crippen MR) is 118 cm³/mol. The molecule has 194 valence electrons. The van der Waals surface area contributed by atoms with Gasteiger partial charge in [-0.2, -0.15) is 13.2 Å². The number of carbonyl (C=O) groups excluding carboxylic acids is 2. The number of amidine groups is 1. The number of amides is 1. The molecule has 0 bridgehead atoms. The van der Waals surface area contributed by atoms with Crippen molar-refractivity contribution in [3.63, 3.8) is 0 Å². The first-order valence-corrected chi connectivity index (χ1v) is 9.85. The molecule has 0 aliphatic rings. The van der Waals surface area contributed by atoms with Gasteiger partial charge in [0.25, 0.3) is 5.91 Å². The third-order valence-corrected chi connectivity index (χ3v) is 4.25. The maximum atomic E-state index is 12.7. The molecule has 2 unspecified atom stereocenters. The van der Waals surface area contributed by atoms with Crippen molar-refractivity contribution in [2.45, 2.75) is 25.2 Å². The Kier molecular flexibility index (Phi) is 10.6. The first-order valence-electron chi connectivity index (χ1n) is 9.85.